The number of benzene rings is 8. The van der Waals surface area contributed by atoms with Crippen LogP contribution in [0.15, 0.2) is 182 Å². The zero-order valence-electron chi connectivity index (χ0n) is 31.1. The summed E-state index contributed by atoms with van der Waals surface area (Å²) in [5.41, 5.74) is 18.1. The topological polar surface area (TPSA) is 27.1 Å². The summed E-state index contributed by atoms with van der Waals surface area (Å²) in [5, 5.41) is 0. The molecule has 1 aromatic heterocycles. The third-order valence-corrected chi connectivity index (χ3v) is 12.7. The predicted octanol–water partition coefficient (Wildman–Crippen LogP) is 13.1. The Morgan fingerprint density at radius 2 is 1.04 bits per heavy atom. The summed E-state index contributed by atoms with van der Waals surface area (Å²) in [4.78, 5) is 5.37. The Kier molecular flexibility index (Phi) is 6.32. The van der Waals surface area contributed by atoms with Gasteiger partial charge in [-0.15, -0.1) is 0 Å². The van der Waals surface area contributed by atoms with Crippen LogP contribution < -0.4 is 4.74 Å². The summed E-state index contributed by atoms with van der Waals surface area (Å²) < 4.78 is 9.39. The lowest BCUT2D eigenvalue weighted by molar-refractivity contribution is 0.433. The van der Waals surface area contributed by atoms with Crippen LogP contribution in [0.5, 0.6) is 11.5 Å². The van der Waals surface area contributed by atoms with Crippen LogP contribution in [0.25, 0.3) is 61.5 Å². The van der Waals surface area contributed by atoms with Gasteiger partial charge in [-0.2, -0.15) is 0 Å². The normalized spacial score (nSPS) is 16.4. The number of fused-ring (bicyclic) bond motifs is 15. The lowest BCUT2D eigenvalue weighted by Gasteiger charge is -2.43. The Balaban J connectivity index is 1.26. The highest BCUT2D eigenvalue weighted by atomic mass is 16.5. The van der Waals surface area contributed by atoms with Gasteiger partial charge < -0.3 is 4.74 Å². The largest absolute Gasteiger partial charge is 0.457 e. The minimum Gasteiger partial charge on any atom is -0.457 e. The second-order valence-electron chi connectivity index (χ2n) is 15.9. The molecule has 3 aliphatic rings. The van der Waals surface area contributed by atoms with E-state index in [1.165, 1.54) is 55.6 Å². The lowest BCUT2D eigenvalue weighted by Crippen LogP contribution is -2.35. The highest BCUT2D eigenvalue weighted by molar-refractivity contribution is 5.96. The van der Waals surface area contributed by atoms with Crippen LogP contribution in [0.4, 0.5) is 0 Å². The molecule has 2 heterocycles. The maximum absolute atomic E-state index is 7.09. The van der Waals surface area contributed by atoms with Gasteiger partial charge in [-0.25, -0.2) is 4.98 Å². The summed E-state index contributed by atoms with van der Waals surface area (Å²) in [5.74, 6) is 2.69. The molecule has 0 fully saturated rings. The summed E-state index contributed by atoms with van der Waals surface area (Å²) in [6, 6.07) is 66.5. The van der Waals surface area contributed by atoms with Crippen molar-refractivity contribution in [1.82, 2.24) is 9.55 Å². The molecule has 0 radical (unpaired) electrons. The Hall–Kier alpha value is -6.97. The number of imidazole rings is 1. The summed E-state index contributed by atoms with van der Waals surface area (Å²) in [6.07, 6.45) is 0. The number of para-hydroxylation sites is 4. The molecule has 3 heteroatoms. The number of rotatable bonds is 2. The monoisotopic (exact) mass is 716 g/mol. The van der Waals surface area contributed by atoms with Gasteiger partial charge in [-0.05, 0) is 104 Å². The molecule has 1 aliphatic heterocycles. The zero-order valence-corrected chi connectivity index (χ0v) is 31.1. The van der Waals surface area contributed by atoms with Gasteiger partial charge in [-0.3, -0.25) is 4.57 Å². The van der Waals surface area contributed by atoms with Crippen LogP contribution in [0, 0.1) is 0 Å². The number of nitrogens with zero attached hydrogens (tertiary/aromatic N) is 2. The average Bonchev–Trinajstić information content (AvgIpc) is 3.71. The second kappa shape index (κ2) is 11.3. The van der Waals surface area contributed by atoms with E-state index >= 15 is 0 Å². The van der Waals surface area contributed by atoms with Gasteiger partial charge in [-0.1, -0.05) is 147 Å². The standard InChI is InChI=1S/C53H36N2O/c1-52(2)41-22-10-8-21-38(41)40-31-46-50(32-44(40)52)56-49-27-15-12-24-43(49)53(46)42-23-11-9-20-37(42)35-18-6-7-19-36(35)39-29-28-33(30-45(39)53)51-54-47-25-13-14-26-48(47)55(51)34-16-4-3-5-17-34/h3-32H,1-2H3. The molecule has 9 aromatic rings. The molecule has 0 amide bonds. The minimum absolute atomic E-state index is 0.173. The number of aromatic nitrogens is 2. The van der Waals surface area contributed by atoms with Gasteiger partial charge in [0.1, 0.15) is 17.3 Å². The second-order valence-corrected chi connectivity index (χ2v) is 15.9. The molecule has 56 heavy (non-hydrogen) atoms. The maximum atomic E-state index is 7.09. The van der Waals surface area contributed by atoms with Crippen LogP contribution in [0.3, 0.4) is 0 Å². The molecule has 0 saturated heterocycles. The van der Waals surface area contributed by atoms with Crippen molar-refractivity contribution in [3.05, 3.63) is 215 Å². The minimum atomic E-state index is -0.745. The molecule has 1 atom stereocenters. The van der Waals surface area contributed by atoms with E-state index in [0.717, 1.165) is 50.7 Å². The van der Waals surface area contributed by atoms with E-state index in [0.29, 0.717) is 0 Å². The Labute approximate surface area is 326 Å². The predicted molar refractivity (Wildman–Crippen MR) is 227 cm³/mol. The Morgan fingerprint density at radius 3 is 1.82 bits per heavy atom. The van der Waals surface area contributed by atoms with Crippen LogP contribution in [-0.2, 0) is 10.8 Å². The first-order valence-corrected chi connectivity index (χ1v) is 19.5. The van der Waals surface area contributed by atoms with Crippen LogP contribution in [0.1, 0.15) is 47.2 Å². The first-order chi connectivity index (χ1) is 27.5. The molecule has 1 unspecified atom stereocenters. The van der Waals surface area contributed by atoms with E-state index in [9.17, 15) is 0 Å². The van der Waals surface area contributed by atoms with Gasteiger partial charge in [0.2, 0.25) is 0 Å². The molecule has 12 rings (SSSR count). The van der Waals surface area contributed by atoms with Crippen molar-refractivity contribution in [2.45, 2.75) is 24.7 Å². The fourth-order valence-corrected chi connectivity index (χ4v) is 10.2. The molecule has 0 N–H and O–H groups in total. The first-order valence-electron chi connectivity index (χ1n) is 19.5. The lowest BCUT2D eigenvalue weighted by atomic mass is 9.61. The quantitative estimate of drug-likeness (QED) is 0.178. The number of hydrogen-bond acceptors (Lipinski definition) is 2. The van der Waals surface area contributed by atoms with Crippen molar-refractivity contribution in [2.75, 3.05) is 0 Å². The third kappa shape index (κ3) is 4.04. The molecule has 1 spiro atoms. The Morgan fingerprint density at radius 1 is 0.429 bits per heavy atom. The van der Waals surface area contributed by atoms with Crippen LogP contribution >= 0.6 is 0 Å². The van der Waals surface area contributed by atoms with E-state index in [2.05, 4.69) is 200 Å². The third-order valence-electron chi connectivity index (χ3n) is 12.7. The van der Waals surface area contributed by atoms with Gasteiger partial charge in [0.15, 0.2) is 0 Å². The molecular formula is C53H36N2O. The van der Waals surface area contributed by atoms with Crippen molar-refractivity contribution in [1.29, 1.82) is 0 Å². The van der Waals surface area contributed by atoms with Crippen molar-refractivity contribution >= 4 is 11.0 Å². The van der Waals surface area contributed by atoms with Gasteiger partial charge >= 0.3 is 0 Å². The van der Waals surface area contributed by atoms with E-state index in [4.69, 9.17) is 9.72 Å². The molecule has 8 aromatic carbocycles. The molecule has 0 saturated carbocycles. The van der Waals surface area contributed by atoms with Gasteiger partial charge in [0, 0.05) is 27.8 Å². The highest BCUT2D eigenvalue weighted by Gasteiger charge is 2.51. The zero-order chi connectivity index (χ0) is 37.2. The van der Waals surface area contributed by atoms with E-state index in [-0.39, 0.29) is 5.41 Å². The highest BCUT2D eigenvalue weighted by Crippen LogP contribution is 2.63. The van der Waals surface area contributed by atoms with E-state index < -0.39 is 5.41 Å². The van der Waals surface area contributed by atoms with Crippen molar-refractivity contribution in [3.8, 4) is 62.0 Å². The number of ether oxygens (including phenoxy) is 1. The smallest absolute Gasteiger partial charge is 0.145 e. The van der Waals surface area contributed by atoms with Crippen LogP contribution in [-0.4, -0.2) is 9.55 Å². The van der Waals surface area contributed by atoms with Crippen molar-refractivity contribution in [2.24, 2.45) is 0 Å². The molecule has 3 nitrogen and oxygen atoms in total. The van der Waals surface area contributed by atoms with Crippen molar-refractivity contribution < 1.29 is 4.74 Å². The van der Waals surface area contributed by atoms with E-state index in [1.807, 2.05) is 0 Å². The maximum Gasteiger partial charge on any atom is 0.145 e. The summed E-state index contributed by atoms with van der Waals surface area (Å²) in [6.45, 7) is 4.68. The molecular weight excluding hydrogens is 681 g/mol. The van der Waals surface area contributed by atoms with Gasteiger partial charge in [0.25, 0.3) is 0 Å². The van der Waals surface area contributed by atoms with Crippen molar-refractivity contribution in [3.63, 3.8) is 0 Å². The van der Waals surface area contributed by atoms with Crippen LogP contribution in [0.2, 0.25) is 0 Å². The first kappa shape index (κ1) is 31.4. The summed E-state index contributed by atoms with van der Waals surface area (Å²) in [7, 11) is 0. The van der Waals surface area contributed by atoms with E-state index in [1.54, 1.807) is 0 Å². The van der Waals surface area contributed by atoms with Gasteiger partial charge in [0.05, 0.1) is 16.4 Å². The number of hydrogen-bond donors (Lipinski definition) is 0. The molecule has 264 valence electrons. The molecule has 2 aliphatic carbocycles. The fourth-order valence-electron chi connectivity index (χ4n) is 10.2. The SMILES string of the molecule is CC1(C)c2ccccc2-c2cc3c(cc21)Oc1ccccc1C31c2ccccc2-c2ccccc2-c2ccc(-c3nc4ccccc4n3-c3ccccc3)cc21. The average molecular weight is 717 g/mol. The Bertz CT molecular complexity index is 3100. The summed E-state index contributed by atoms with van der Waals surface area (Å²) >= 11 is 0. The molecule has 0 bridgehead atoms. The fraction of sp³-hybridized carbons (Fsp3) is 0.0755.